The van der Waals surface area contributed by atoms with E-state index >= 15 is 0 Å². The van der Waals surface area contributed by atoms with E-state index in [1.807, 2.05) is 6.07 Å². The van der Waals surface area contributed by atoms with Crippen molar-refractivity contribution < 1.29 is 23.5 Å². The first-order chi connectivity index (χ1) is 13.1. The number of anilines is 2. The van der Waals surface area contributed by atoms with Crippen LogP contribution in [0.4, 0.5) is 20.6 Å². The van der Waals surface area contributed by atoms with Crippen LogP contribution >= 0.6 is 0 Å². The summed E-state index contributed by atoms with van der Waals surface area (Å²) >= 11 is 0. The summed E-state index contributed by atoms with van der Waals surface area (Å²) in [7, 11) is 1.21. The Labute approximate surface area is 164 Å². The van der Waals surface area contributed by atoms with Crippen LogP contribution < -0.4 is 10.6 Å². The largest absolute Gasteiger partial charge is 0.465 e. The van der Waals surface area contributed by atoms with Crippen molar-refractivity contribution >= 4 is 23.4 Å². The van der Waals surface area contributed by atoms with E-state index in [0.29, 0.717) is 17.8 Å². The summed E-state index contributed by atoms with van der Waals surface area (Å²) < 4.78 is 24.5. The molecule has 0 aliphatic rings. The molecule has 0 radical (unpaired) electrons. The highest BCUT2D eigenvalue weighted by Gasteiger charge is 2.19. The van der Waals surface area contributed by atoms with Gasteiger partial charge < -0.3 is 14.8 Å². The van der Waals surface area contributed by atoms with Gasteiger partial charge in [-0.15, -0.1) is 0 Å². The number of aryl methyl sites for hydroxylation is 1. The van der Waals surface area contributed by atoms with Gasteiger partial charge in [0.2, 0.25) is 0 Å². The first-order valence-electron chi connectivity index (χ1n) is 8.81. The van der Waals surface area contributed by atoms with Crippen molar-refractivity contribution in [2.24, 2.45) is 0 Å². The molecule has 0 aliphatic carbocycles. The van der Waals surface area contributed by atoms with Crippen molar-refractivity contribution in [3.05, 3.63) is 58.9 Å². The van der Waals surface area contributed by atoms with E-state index in [9.17, 15) is 14.0 Å². The Morgan fingerprint density at radius 2 is 1.86 bits per heavy atom. The molecule has 0 fully saturated rings. The molecule has 0 atom stereocenters. The lowest BCUT2D eigenvalue weighted by atomic mass is 10.1. The number of hydrogen-bond donors (Lipinski definition) is 2. The average Bonchev–Trinajstić information content (AvgIpc) is 2.59. The van der Waals surface area contributed by atoms with Crippen LogP contribution in [0.25, 0.3) is 0 Å². The van der Waals surface area contributed by atoms with Gasteiger partial charge >= 0.3 is 12.1 Å². The molecule has 6 nitrogen and oxygen atoms in total. The van der Waals surface area contributed by atoms with Gasteiger partial charge in [0.1, 0.15) is 11.2 Å². The molecule has 7 heteroatoms. The van der Waals surface area contributed by atoms with Crippen LogP contribution in [-0.2, 0) is 16.0 Å². The second-order valence-corrected chi connectivity index (χ2v) is 7.29. The van der Waals surface area contributed by atoms with Crippen molar-refractivity contribution in [3.63, 3.8) is 0 Å². The zero-order valence-corrected chi connectivity index (χ0v) is 16.7. The number of halogens is 1. The first-order valence-corrected chi connectivity index (χ1v) is 8.81. The van der Waals surface area contributed by atoms with E-state index in [0.717, 1.165) is 5.56 Å². The minimum Gasteiger partial charge on any atom is -0.465 e. The molecule has 0 bridgehead atoms. The highest BCUT2D eigenvalue weighted by molar-refractivity contribution is 5.92. The minimum absolute atomic E-state index is 0.0900. The van der Waals surface area contributed by atoms with E-state index < -0.39 is 23.5 Å². The molecular formula is C21H25FN2O4. The summed E-state index contributed by atoms with van der Waals surface area (Å²) in [5.41, 5.74) is 1.38. The van der Waals surface area contributed by atoms with Crippen LogP contribution in [0.1, 0.15) is 42.3 Å². The van der Waals surface area contributed by atoms with Crippen LogP contribution in [0.3, 0.4) is 0 Å². The van der Waals surface area contributed by atoms with Gasteiger partial charge in [-0.25, -0.2) is 14.0 Å². The average molecular weight is 388 g/mol. The normalized spacial score (nSPS) is 10.9. The molecular weight excluding hydrogens is 363 g/mol. The Balaban J connectivity index is 2.10. The molecule has 0 aliphatic heterocycles. The molecule has 0 aromatic heterocycles. The summed E-state index contributed by atoms with van der Waals surface area (Å²) in [6, 6.07) is 10.3. The SMILES string of the molecule is COC(=O)c1c(C)ccc(NCc2cccc(NC(=O)OC(C)(C)C)c2)c1F. The van der Waals surface area contributed by atoms with Crippen LogP contribution in [-0.4, -0.2) is 24.8 Å². The van der Waals surface area contributed by atoms with Gasteiger partial charge in [0.25, 0.3) is 0 Å². The smallest absolute Gasteiger partial charge is 0.412 e. The quantitative estimate of drug-likeness (QED) is 0.714. The fraction of sp³-hybridized carbons (Fsp3) is 0.333. The number of ether oxygens (including phenoxy) is 2. The van der Waals surface area contributed by atoms with Gasteiger partial charge in [0.05, 0.1) is 12.8 Å². The summed E-state index contributed by atoms with van der Waals surface area (Å²) in [6.07, 6.45) is -0.551. The van der Waals surface area contributed by atoms with E-state index in [2.05, 4.69) is 15.4 Å². The number of hydrogen-bond acceptors (Lipinski definition) is 5. The summed E-state index contributed by atoms with van der Waals surface area (Å²) in [5.74, 6) is -1.38. The Hall–Kier alpha value is -3.09. The van der Waals surface area contributed by atoms with Gasteiger partial charge in [-0.3, -0.25) is 5.32 Å². The third-order valence-electron chi connectivity index (χ3n) is 3.80. The van der Waals surface area contributed by atoms with Crippen LogP contribution in [0.5, 0.6) is 0 Å². The van der Waals surface area contributed by atoms with Crippen molar-refractivity contribution in [2.75, 3.05) is 17.7 Å². The Morgan fingerprint density at radius 1 is 1.14 bits per heavy atom. The van der Waals surface area contributed by atoms with E-state index in [1.54, 1.807) is 58.0 Å². The minimum atomic E-state index is -0.720. The molecule has 1 amide bonds. The predicted molar refractivity (Wildman–Crippen MR) is 106 cm³/mol. The van der Waals surface area contributed by atoms with E-state index in [1.165, 1.54) is 7.11 Å². The highest BCUT2D eigenvalue weighted by atomic mass is 19.1. The highest BCUT2D eigenvalue weighted by Crippen LogP contribution is 2.23. The summed E-state index contributed by atoms with van der Waals surface area (Å²) in [6.45, 7) is 7.29. The number of esters is 1. The molecule has 150 valence electrons. The lowest BCUT2D eigenvalue weighted by Gasteiger charge is -2.19. The third-order valence-corrected chi connectivity index (χ3v) is 3.80. The van der Waals surface area contributed by atoms with Crippen molar-refractivity contribution in [1.29, 1.82) is 0 Å². The number of carbonyl (C=O) groups is 2. The monoisotopic (exact) mass is 388 g/mol. The summed E-state index contributed by atoms with van der Waals surface area (Å²) in [5, 5.41) is 5.63. The van der Waals surface area contributed by atoms with Gasteiger partial charge in [-0.2, -0.15) is 0 Å². The number of carbonyl (C=O) groups excluding carboxylic acids is 2. The maximum Gasteiger partial charge on any atom is 0.412 e. The molecule has 2 aromatic rings. The maximum absolute atomic E-state index is 14.6. The first kappa shape index (κ1) is 21.2. The lowest BCUT2D eigenvalue weighted by molar-refractivity contribution is 0.0592. The lowest BCUT2D eigenvalue weighted by Crippen LogP contribution is -2.27. The second-order valence-electron chi connectivity index (χ2n) is 7.29. The van der Waals surface area contributed by atoms with Crippen LogP contribution in [0.2, 0.25) is 0 Å². The standard InChI is InChI=1S/C21H25FN2O4/c1-13-9-10-16(18(22)17(13)19(25)27-5)23-12-14-7-6-8-15(11-14)24-20(26)28-21(2,3)4/h6-11,23H,12H2,1-5H3,(H,24,26). The molecule has 2 N–H and O–H groups in total. The van der Waals surface area contributed by atoms with E-state index in [4.69, 9.17) is 4.74 Å². The maximum atomic E-state index is 14.6. The molecule has 0 saturated carbocycles. The van der Waals surface area contributed by atoms with Crippen molar-refractivity contribution in [3.8, 4) is 0 Å². The molecule has 2 aromatic carbocycles. The number of amides is 1. The topological polar surface area (TPSA) is 76.7 Å². The molecule has 2 rings (SSSR count). The second kappa shape index (κ2) is 8.73. The number of rotatable bonds is 5. The Morgan fingerprint density at radius 3 is 2.50 bits per heavy atom. The number of nitrogens with one attached hydrogen (secondary N) is 2. The summed E-state index contributed by atoms with van der Waals surface area (Å²) in [4.78, 5) is 23.7. The van der Waals surface area contributed by atoms with Crippen molar-refractivity contribution in [2.45, 2.75) is 39.8 Å². The van der Waals surface area contributed by atoms with Crippen LogP contribution in [0.15, 0.2) is 36.4 Å². The Kier molecular flexibility index (Phi) is 6.62. The van der Waals surface area contributed by atoms with Crippen molar-refractivity contribution in [1.82, 2.24) is 0 Å². The fourth-order valence-electron chi connectivity index (χ4n) is 2.54. The Bertz CT molecular complexity index is 875. The fourth-order valence-corrected chi connectivity index (χ4v) is 2.54. The van der Waals surface area contributed by atoms with E-state index in [-0.39, 0.29) is 11.3 Å². The predicted octanol–water partition coefficient (Wildman–Crippen LogP) is 4.88. The van der Waals surface area contributed by atoms with Gasteiger partial charge in [-0.05, 0) is 57.0 Å². The molecule has 0 unspecified atom stereocenters. The third kappa shape index (κ3) is 5.70. The molecule has 28 heavy (non-hydrogen) atoms. The van der Waals surface area contributed by atoms with Crippen LogP contribution in [0, 0.1) is 12.7 Å². The molecule has 0 heterocycles. The number of methoxy groups -OCH3 is 1. The van der Waals surface area contributed by atoms with Gasteiger partial charge in [0, 0.05) is 12.2 Å². The molecule has 0 saturated heterocycles. The van der Waals surface area contributed by atoms with Gasteiger partial charge in [0.15, 0.2) is 5.82 Å². The zero-order chi connectivity index (χ0) is 20.9. The molecule has 0 spiro atoms. The number of benzene rings is 2. The van der Waals surface area contributed by atoms with Gasteiger partial charge in [-0.1, -0.05) is 18.2 Å². The zero-order valence-electron chi connectivity index (χ0n) is 16.7.